The smallest absolute Gasteiger partial charge is 0.248 e. The van der Waals surface area contributed by atoms with Crippen molar-refractivity contribution in [3.05, 3.63) is 66.0 Å². The highest BCUT2D eigenvalue weighted by molar-refractivity contribution is 6.02. The lowest BCUT2D eigenvalue weighted by molar-refractivity contribution is 0.383. The molecule has 25 heavy (non-hydrogen) atoms. The number of fused-ring (bicyclic) bond motifs is 1. The van der Waals surface area contributed by atoms with E-state index in [1.54, 1.807) is 14.2 Å². The topological polar surface area (TPSA) is 61.5 Å². The molecule has 2 heterocycles. The summed E-state index contributed by atoms with van der Waals surface area (Å²) in [6.45, 7) is 0. The van der Waals surface area contributed by atoms with Crippen LogP contribution < -0.4 is 9.47 Å². The highest BCUT2D eigenvalue weighted by Crippen LogP contribution is 2.37. The van der Waals surface area contributed by atoms with Crippen molar-refractivity contribution >= 4 is 11.7 Å². The van der Waals surface area contributed by atoms with Gasteiger partial charge >= 0.3 is 0 Å². The van der Waals surface area contributed by atoms with Crippen molar-refractivity contribution < 1.29 is 9.47 Å². The fraction of sp³-hybridized carbons (Fsp3) is 0.211. The maximum absolute atomic E-state index is 5.59. The lowest BCUT2D eigenvalue weighted by Crippen LogP contribution is -2.21. The van der Waals surface area contributed by atoms with Gasteiger partial charge in [-0.05, 0) is 17.7 Å². The van der Waals surface area contributed by atoms with Gasteiger partial charge in [0.25, 0.3) is 0 Å². The van der Waals surface area contributed by atoms with Crippen LogP contribution in [-0.4, -0.2) is 34.7 Å². The largest absolute Gasteiger partial charge is 0.497 e. The predicted octanol–water partition coefficient (Wildman–Crippen LogP) is 3.41. The van der Waals surface area contributed by atoms with E-state index in [1.165, 1.54) is 6.33 Å². The molecule has 0 N–H and O–H groups in total. The molecule has 4 rings (SSSR count). The van der Waals surface area contributed by atoms with Crippen LogP contribution in [-0.2, 0) is 0 Å². The van der Waals surface area contributed by atoms with Crippen molar-refractivity contribution in [3.63, 3.8) is 0 Å². The number of nitrogens with zero attached hydrogens (tertiary/aromatic N) is 4. The van der Waals surface area contributed by atoms with Gasteiger partial charge in [-0.1, -0.05) is 30.3 Å². The Morgan fingerprint density at radius 1 is 1.04 bits per heavy atom. The number of hydrogen-bond acceptors (Lipinski definition) is 5. The van der Waals surface area contributed by atoms with E-state index < -0.39 is 0 Å². The number of hydrogen-bond donors (Lipinski definition) is 0. The molecule has 0 spiro atoms. The van der Waals surface area contributed by atoms with Gasteiger partial charge in [-0.15, -0.1) is 0 Å². The van der Waals surface area contributed by atoms with Crippen LogP contribution in [0.1, 0.15) is 23.6 Å². The molecular formula is C19H18N4O2. The first kappa shape index (κ1) is 15.4. The van der Waals surface area contributed by atoms with Gasteiger partial charge in [0, 0.05) is 18.1 Å². The van der Waals surface area contributed by atoms with Gasteiger partial charge in [-0.25, -0.2) is 9.67 Å². The zero-order valence-electron chi connectivity index (χ0n) is 14.1. The number of aliphatic imine (C=N–C) groups is 1. The standard InChI is InChI=1S/C19H18N4O2/c1-24-14-8-9-15(18(10-14)25-2)17-11-16(13-6-4-3-5-7-13)22-19-20-12-21-23(17)19/h3-10,12,17H,11H2,1-2H3. The molecule has 0 saturated heterocycles. The second-order valence-electron chi connectivity index (χ2n) is 5.76. The van der Waals surface area contributed by atoms with Gasteiger partial charge in [0.15, 0.2) is 0 Å². The van der Waals surface area contributed by atoms with Crippen LogP contribution in [0, 0.1) is 0 Å². The van der Waals surface area contributed by atoms with Gasteiger partial charge in [0.2, 0.25) is 5.95 Å². The van der Waals surface area contributed by atoms with E-state index in [4.69, 9.17) is 9.47 Å². The van der Waals surface area contributed by atoms with Crippen LogP contribution in [0.5, 0.6) is 11.5 Å². The Labute approximate surface area is 145 Å². The molecule has 6 heteroatoms. The van der Waals surface area contributed by atoms with E-state index in [-0.39, 0.29) is 6.04 Å². The van der Waals surface area contributed by atoms with E-state index in [2.05, 4.69) is 27.2 Å². The first-order valence-electron chi connectivity index (χ1n) is 8.04. The highest BCUT2D eigenvalue weighted by atomic mass is 16.5. The quantitative estimate of drug-likeness (QED) is 0.733. The van der Waals surface area contributed by atoms with E-state index in [1.807, 2.05) is 41.1 Å². The minimum absolute atomic E-state index is 0.0361. The summed E-state index contributed by atoms with van der Waals surface area (Å²) < 4.78 is 12.7. The summed E-state index contributed by atoms with van der Waals surface area (Å²) >= 11 is 0. The molecule has 3 aromatic rings. The molecule has 2 aromatic carbocycles. The summed E-state index contributed by atoms with van der Waals surface area (Å²) in [6.07, 6.45) is 2.25. The summed E-state index contributed by atoms with van der Waals surface area (Å²) in [5.41, 5.74) is 3.11. The third kappa shape index (κ3) is 2.76. The number of rotatable bonds is 4. The molecule has 1 aromatic heterocycles. The highest BCUT2D eigenvalue weighted by Gasteiger charge is 2.28. The number of ether oxygens (including phenoxy) is 2. The number of aromatic nitrogens is 3. The Bertz CT molecular complexity index is 918. The van der Waals surface area contributed by atoms with Gasteiger partial charge in [0.1, 0.15) is 17.8 Å². The normalized spacial score (nSPS) is 16.1. The Hall–Kier alpha value is -3.15. The van der Waals surface area contributed by atoms with Crippen LogP contribution in [0.15, 0.2) is 59.9 Å². The van der Waals surface area contributed by atoms with Crippen LogP contribution >= 0.6 is 0 Å². The monoisotopic (exact) mass is 334 g/mol. The summed E-state index contributed by atoms with van der Waals surface area (Å²) in [4.78, 5) is 8.98. The molecule has 0 bridgehead atoms. The molecule has 6 nitrogen and oxygen atoms in total. The van der Waals surface area contributed by atoms with Crippen LogP contribution in [0.2, 0.25) is 0 Å². The molecule has 0 saturated carbocycles. The van der Waals surface area contributed by atoms with Gasteiger partial charge in [-0.3, -0.25) is 0 Å². The maximum atomic E-state index is 5.59. The molecule has 1 aliphatic heterocycles. The Morgan fingerprint density at radius 3 is 2.64 bits per heavy atom. The van der Waals surface area contributed by atoms with E-state index in [9.17, 15) is 0 Å². The average Bonchev–Trinajstić information content (AvgIpc) is 3.16. The lowest BCUT2D eigenvalue weighted by atomic mass is 9.95. The van der Waals surface area contributed by atoms with Crippen molar-refractivity contribution in [2.75, 3.05) is 14.2 Å². The Balaban J connectivity index is 1.80. The van der Waals surface area contributed by atoms with Crippen molar-refractivity contribution in [2.24, 2.45) is 4.99 Å². The average molecular weight is 334 g/mol. The third-order valence-corrected chi connectivity index (χ3v) is 4.38. The zero-order valence-corrected chi connectivity index (χ0v) is 14.1. The Morgan fingerprint density at radius 2 is 1.88 bits per heavy atom. The number of methoxy groups -OCH3 is 2. The van der Waals surface area contributed by atoms with Gasteiger partial charge in [-0.2, -0.15) is 10.1 Å². The van der Waals surface area contributed by atoms with Crippen LogP contribution in [0.25, 0.3) is 0 Å². The maximum Gasteiger partial charge on any atom is 0.248 e. The fourth-order valence-corrected chi connectivity index (χ4v) is 3.13. The molecular weight excluding hydrogens is 316 g/mol. The second kappa shape index (κ2) is 6.39. The van der Waals surface area contributed by atoms with Gasteiger partial charge < -0.3 is 9.47 Å². The van der Waals surface area contributed by atoms with Crippen molar-refractivity contribution in [3.8, 4) is 11.5 Å². The first-order valence-corrected chi connectivity index (χ1v) is 8.04. The molecule has 0 amide bonds. The molecule has 0 fully saturated rings. The lowest BCUT2D eigenvalue weighted by Gasteiger charge is -2.25. The molecule has 0 radical (unpaired) electrons. The second-order valence-corrected chi connectivity index (χ2v) is 5.76. The molecule has 126 valence electrons. The van der Waals surface area contributed by atoms with E-state index in [0.29, 0.717) is 12.4 Å². The van der Waals surface area contributed by atoms with Crippen molar-refractivity contribution in [1.82, 2.24) is 14.8 Å². The molecule has 1 unspecified atom stereocenters. The fourth-order valence-electron chi connectivity index (χ4n) is 3.13. The molecule has 1 aliphatic rings. The van der Waals surface area contributed by atoms with Crippen molar-refractivity contribution in [1.29, 1.82) is 0 Å². The minimum atomic E-state index is -0.0361. The van der Waals surface area contributed by atoms with E-state index >= 15 is 0 Å². The van der Waals surface area contributed by atoms with Crippen molar-refractivity contribution in [2.45, 2.75) is 12.5 Å². The van der Waals surface area contributed by atoms with Crippen LogP contribution in [0.4, 0.5) is 5.95 Å². The number of benzene rings is 2. The summed E-state index contributed by atoms with van der Waals surface area (Å²) in [5.74, 6) is 2.13. The molecule has 1 atom stereocenters. The van der Waals surface area contributed by atoms with Crippen LogP contribution in [0.3, 0.4) is 0 Å². The SMILES string of the molecule is COc1ccc(C2CC(c3ccccc3)=Nc3ncnn32)c(OC)c1. The molecule has 0 aliphatic carbocycles. The van der Waals surface area contributed by atoms with Gasteiger partial charge in [0.05, 0.1) is 26.0 Å². The predicted molar refractivity (Wildman–Crippen MR) is 95.0 cm³/mol. The Kier molecular flexibility index (Phi) is 3.93. The first-order chi connectivity index (χ1) is 12.3. The third-order valence-electron chi connectivity index (χ3n) is 4.38. The minimum Gasteiger partial charge on any atom is -0.497 e. The summed E-state index contributed by atoms with van der Waals surface area (Å²) in [5, 5.41) is 4.37. The summed E-state index contributed by atoms with van der Waals surface area (Å²) in [7, 11) is 3.31. The zero-order chi connectivity index (χ0) is 17.2. The van der Waals surface area contributed by atoms with E-state index in [0.717, 1.165) is 28.3 Å². The summed E-state index contributed by atoms with van der Waals surface area (Å²) in [6, 6.07) is 16.0.